The number of aryl methyl sites for hydroxylation is 1. The highest BCUT2D eigenvalue weighted by Gasteiger charge is 2.13. The van der Waals surface area contributed by atoms with Crippen molar-refractivity contribution in [3.05, 3.63) is 42.1 Å². The van der Waals surface area contributed by atoms with E-state index < -0.39 is 0 Å². The molecule has 0 unspecified atom stereocenters. The van der Waals surface area contributed by atoms with Gasteiger partial charge >= 0.3 is 0 Å². The van der Waals surface area contributed by atoms with Crippen molar-refractivity contribution in [1.29, 1.82) is 0 Å². The molecule has 3 nitrogen and oxygen atoms in total. The van der Waals surface area contributed by atoms with Crippen molar-refractivity contribution < 1.29 is 5.21 Å². The van der Waals surface area contributed by atoms with Gasteiger partial charge in [0.05, 0.1) is 5.52 Å². The average molecular weight is 198 g/mol. The normalized spacial score (nSPS) is 11.3. The van der Waals surface area contributed by atoms with Gasteiger partial charge in [0.25, 0.3) is 0 Å². The number of fused-ring (bicyclic) bond motifs is 3. The van der Waals surface area contributed by atoms with Crippen LogP contribution in [0.1, 0.15) is 5.56 Å². The summed E-state index contributed by atoms with van der Waals surface area (Å²) in [7, 11) is 0. The Morgan fingerprint density at radius 2 is 2.13 bits per heavy atom. The number of pyridine rings is 1. The van der Waals surface area contributed by atoms with Crippen LogP contribution in [0.4, 0.5) is 0 Å². The molecule has 1 aromatic carbocycles. The molecular formula is C12H10N2O. The molecule has 74 valence electrons. The van der Waals surface area contributed by atoms with Crippen LogP contribution in [0, 0.1) is 6.92 Å². The molecule has 1 aromatic rings. The van der Waals surface area contributed by atoms with E-state index in [4.69, 9.17) is 0 Å². The van der Waals surface area contributed by atoms with Gasteiger partial charge in [-0.25, -0.2) is 4.98 Å². The van der Waals surface area contributed by atoms with Gasteiger partial charge in [0.15, 0.2) is 5.82 Å². The van der Waals surface area contributed by atoms with Gasteiger partial charge in [-0.3, -0.25) is 0 Å². The minimum Gasteiger partial charge on any atom is -0.427 e. The Morgan fingerprint density at radius 3 is 3.00 bits per heavy atom. The van der Waals surface area contributed by atoms with Crippen molar-refractivity contribution in [3.63, 3.8) is 0 Å². The van der Waals surface area contributed by atoms with Gasteiger partial charge in [-0.1, -0.05) is 11.6 Å². The first-order valence-electron chi connectivity index (χ1n) is 4.82. The highest BCUT2D eigenvalue weighted by molar-refractivity contribution is 5.96. The molecule has 0 saturated carbocycles. The van der Waals surface area contributed by atoms with Crippen LogP contribution in [0.25, 0.3) is 22.3 Å². The lowest BCUT2D eigenvalue weighted by Crippen LogP contribution is -1.96. The molecule has 2 heterocycles. The SMILES string of the molecule is Cc1ccc2nc3n(O)cccc-3c2c1. The van der Waals surface area contributed by atoms with Crippen LogP contribution >= 0.6 is 0 Å². The number of hydrogen-bond acceptors (Lipinski definition) is 2. The second kappa shape index (κ2) is 2.73. The van der Waals surface area contributed by atoms with Crippen LogP contribution in [0.2, 0.25) is 0 Å². The lowest BCUT2D eigenvalue weighted by molar-refractivity contribution is 0.187. The van der Waals surface area contributed by atoms with Gasteiger partial charge in [0.1, 0.15) is 0 Å². The molecule has 0 bridgehead atoms. The van der Waals surface area contributed by atoms with E-state index in [1.807, 2.05) is 31.2 Å². The minimum absolute atomic E-state index is 0.609. The van der Waals surface area contributed by atoms with E-state index in [1.54, 1.807) is 6.20 Å². The van der Waals surface area contributed by atoms with Crippen LogP contribution in [-0.4, -0.2) is 14.9 Å². The van der Waals surface area contributed by atoms with Crippen LogP contribution in [-0.2, 0) is 0 Å². The first-order valence-corrected chi connectivity index (χ1v) is 4.82. The van der Waals surface area contributed by atoms with Gasteiger partial charge in [0.2, 0.25) is 0 Å². The average Bonchev–Trinajstić information content (AvgIpc) is 2.58. The van der Waals surface area contributed by atoms with E-state index in [1.165, 1.54) is 5.56 Å². The quantitative estimate of drug-likeness (QED) is 0.564. The van der Waals surface area contributed by atoms with Crippen molar-refractivity contribution in [1.82, 2.24) is 9.71 Å². The Kier molecular flexibility index (Phi) is 1.51. The molecule has 0 radical (unpaired) electrons. The van der Waals surface area contributed by atoms with Gasteiger partial charge in [-0.15, -0.1) is 0 Å². The van der Waals surface area contributed by atoms with E-state index in [0.717, 1.165) is 21.2 Å². The summed E-state index contributed by atoms with van der Waals surface area (Å²) in [5.74, 6) is 0.609. The van der Waals surface area contributed by atoms with E-state index >= 15 is 0 Å². The molecule has 3 heteroatoms. The third kappa shape index (κ3) is 1.09. The molecule has 1 N–H and O–H groups in total. The van der Waals surface area contributed by atoms with Crippen molar-refractivity contribution in [2.75, 3.05) is 0 Å². The summed E-state index contributed by atoms with van der Waals surface area (Å²) in [6.07, 6.45) is 1.58. The fourth-order valence-electron chi connectivity index (χ4n) is 1.89. The molecule has 0 amide bonds. The van der Waals surface area contributed by atoms with Gasteiger partial charge in [-0.05, 0) is 31.2 Å². The number of rotatable bonds is 0. The maximum Gasteiger partial charge on any atom is 0.176 e. The molecule has 0 aromatic heterocycles. The number of hydrogen-bond donors (Lipinski definition) is 1. The van der Waals surface area contributed by atoms with Gasteiger partial charge in [0, 0.05) is 17.1 Å². The molecule has 0 fully saturated rings. The Labute approximate surface area is 86.9 Å². The largest absolute Gasteiger partial charge is 0.427 e. The molecule has 0 atom stereocenters. The number of nitrogens with zero attached hydrogens (tertiary/aromatic N) is 2. The van der Waals surface area contributed by atoms with Crippen LogP contribution in [0.15, 0.2) is 36.5 Å². The van der Waals surface area contributed by atoms with Crippen molar-refractivity contribution in [2.24, 2.45) is 0 Å². The number of benzene rings is 1. The zero-order chi connectivity index (χ0) is 10.4. The lowest BCUT2D eigenvalue weighted by Gasteiger charge is -2.02. The standard InChI is InChI=1S/C12H10N2O/c1-8-4-5-11-10(7-8)9-3-2-6-14(15)12(9)13-11/h2-7,15H,1H3. The van der Waals surface area contributed by atoms with Crippen molar-refractivity contribution in [3.8, 4) is 11.4 Å². The first-order chi connectivity index (χ1) is 7.25. The lowest BCUT2D eigenvalue weighted by atomic mass is 10.1. The second-order valence-electron chi connectivity index (χ2n) is 3.72. The second-order valence-corrected chi connectivity index (χ2v) is 3.72. The summed E-state index contributed by atoms with van der Waals surface area (Å²) in [5, 5.41) is 10.7. The zero-order valence-electron chi connectivity index (χ0n) is 8.31. The predicted molar refractivity (Wildman–Crippen MR) is 58.3 cm³/mol. The number of aromatic nitrogens is 2. The Balaban J connectivity index is 2.50. The summed E-state index contributed by atoms with van der Waals surface area (Å²) < 4.78 is 1.06. The minimum atomic E-state index is 0.609. The molecule has 0 spiro atoms. The molecule has 15 heavy (non-hydrogen) atoms. The summed E-state index contributed by atoms with van der Waals surface area (Å²) in [5.41, 5.74) is 3.11. The smallest absolute Gasteiger partial charge is 0.176 e. The zero-order valence-corrected chi connectivity index (χ0v) is 8.31. The highest BCUT2D eigenvalue weighted by atomic mass is 16.5. The van der Waals surface area contributed by atoms with Gasteiger partial charge in [-0.2, -0.15) is 4.73 Å². The molecule has 2 aliphatic heterocycles. The molecule has 2 aliphatic rings. The first kappa shape index (κ1) is 8.29. The van der Waals surface area contributed by atoms with E-state index in [9.17, 15) is 5.21 Å². The summed E-state index contributed by atoms with van der Waals surface area (Å²) in [6, 6.07) is 9.87. The summed E-state index contributed by atoms with van der Waals surface area (Å²) >= 11 is 0. The van der Waals surface area contributed by atoms with E-state index in [2.05, 4.69) is 11.1 Å². The third-order valence-electron chi connectivity index (χ3n) is 2.62. The van der Waals surface area contributed by atoms with Gasteiger partial charge < -0.3 is 5.21 Å². The highest BCUT2D eigenvalue weighted by Crippen LogP contribution is 2.30. The Morgan fingerprint density at radius 1 is 1.27 bits per heavy atom. The van der Waals surface area contributed by atoms with Crippen LogP contribution in [0.3, 0.4) is 0 Å². The fourth-order valence-corrected chi connectivity index (χ4v) is 1.89. The third-order valence-corrected chi connectivity index (χ3v) is 2.62. The molecular weight excluding hydrogens is 188 g/mol. The van der Waals surface area contributed by atoms with E-state index in [0.29, 0.717) is 5.82 Å². The van der Waals surface area contributed by atoms with E-state index in [-0.39, 0.29) is 0 Å². The maximum atomic E-state index is 9.60. The maximum absolute atomic E-state index is 9.60. The van der Waals surface area contributed by atoms with Crippen molar-refractivity contribution in [2.45, 2.75) is 6.92 Å². The van der Waals surface area contributed by atoms with Crippen LogP contribution < -0.4 is 0 Å². The monoisotopic (exact) mass is 198 g/mol. The van der Waals surface area contributed by atoms with Crippen molar-refractivity contribution >= 4 is 10.9 Å². The fraction of sp³-hybridized carbons (Fsp3) is 0.0833. The summed E-state index contributed by atoms with van der Waals surface area (Å²) in [6.45, 7) is 2.05. The Hall–Kier alpha value is -2.03. The Bertz CT molecular complexity index is 612. The topological polar surface area (TPSA) is 38.0 Å². The predicted octanol–water partition coefficient (Wildman–Crippen LogP) is 2.69. The summed E-state index contributed by atoms with van der Waals surface area (Å²) in [4.78, 5) is 4.37. The molecule has 3 rings (SSSR count). The van der Waals surface area contributed by atoms with Crippen LogP contribution in [0.5, 0.6) is 0 Å². The molecule has 0 aliphatic carbocycles. The molecule has 0 saturated heterocycles.